The summed E-state index contributed by atoms with van der Waals surface area (Å²) in [5, 5.41) is 2.74. The van der Waals surface area contributed by atoms with Crippen LogP contribution in [0.15, 0.2) is 12.2 Å². The first-order chi connectivity index (χ1) is 6.70. The number of hydrogen-bond donors (Lipinski definition) is 1. The Balaban J connectivity index is 3.97. The number of carbonyl (C=O) groups excluding carboxylic acids is 1. The Morgan fingerprint density at radius 2 is 1.73 bits per heavy atom. The number of hydrogen-bond acceptors (Lipinski definition) is 2. The summed E-state index contributed by atoms with van der Waals surface area (Å²) in [5.74, 6) is 0.493. The van der Waals surface area contributed by atoms with Crippen LogP contribution >= 0.6 is 0 Å². The van der Waals surface area contributed by atoms with Gasteiger partial charge >= 0.3 is 6.09 Å². The van der Waals surface area contributed by atoms with E-state index in [9.17, 15) is 4.79 Å². The zero-order valence-corrected chi connectivity index (χ0v) is 10.6. The smallest absolute Gasteiger partial charge is 0.408 e. The Labute approximate surface area is 92.9 Å². The van der Waals surface area contributed by atoms with Gasteiger partial charge in [-0.05, 0) is 33.6 Å². The van der Waals surface area contributed by atoms with Gasteiger partial charge in [0.05, 0.1) is 0 Å². The van der Waals surface area contributed by atoms with Crippen molar-refractivity contribution >= 4 is 6.09 Å². The van der Waals surface area contributed by atoms with Crippen molar-refractivity contribution in [2.24, 2.45) is 5.92 Å². The molecule has 0 aromatic heterocycles. The second-order valence-corrected chi connectivity index (χ2v) is 5.06. The third kappa shape index (κ3) is 9.32. The monoisotopic (exact) mass is 213 g/mol. The maximum Gasteiger partial charge on any atom is 0.408 e. The molecule has 0 aliphatic heterocycles. The highest BCUT2D eigenvalue weighted by atomic mass is 16.6. The molecule has 0 aliphatic rings. The maximum atomic E-state index is 11.3. The molecule has 0 fully saturated rings. The van der Waals surface area contributed by atoms with Crippen molar-refractivity contribution < 1.29 is 9.53 Å². The van der Waals surface area contributed by atoms with Gasteiger partial charge in [-0.2, -0.15) is 0 Å². The lowest BCUT2D eigenvalue weighted by Gasteiger charge is -2.21. The average Bonchev–Trinajstić information content (AvgIpc) is 1.96. The molecule has 1 unspecified atom stereocenters. The number of ether oxygens (including phenoxy) is 1. The fourth-order valence-electron chi connectivity index (χ4n) is 0.930. The fourth-order valence-corrected chi connectivity index (χ4v) is 0.930. The molecule has 0 aliphatic carbocycles. The van der Waals surface area contributed by atoms with Gasteiger partial charge in [-0.15, -0.1) is 0 Å². The molecule has 0 bridgehead atoms. The third-order valence-electron chi connectivity index (χ3n) is 1.53. The molecule has 15 heavy (non-hydrogen) atoms. The van der Waals surface area contributed by atoms with E-state index in [-0.39, 0.29) is 12.1 Å². The Morgan fingerprint density at radius 1 is 1.20 bits per heavy atom. The van der Waals surface area contributed by atoms with Crippen molar-refractivity contribution in [1.29, 1.82) is 0 Å². The Bertz CT molecular complexity index is 226. The number of amides is 1. The maximum absolute atomic E-state index is 11.3. The van der Waals surface area contributed by atoms with Gasteiger partial charge in [0, 0.05) is 6.04 Å². The van der Waals surface area contributed by atoms with E-state index in [1.54, 1.807) is 0 Å². The molecule has 0 aromatic carbocycles. The first-order valence-corrected chi connectivity index (χ1v) is 5.38. The van der Waals surface area contributed by atoms with Crippen molar-refractivity contribution in [3.8, 4) is 0 Å². The molecule has 0 aromatic rings. The average molecular weight is 213 g/mol. The number of alkyl carbamates (subject to hydrolysis) is 1. The second kappa shape index (κ2) is 5.79. The Hall–Kier alpha value is -0.990. The lowest BCUT2D eigenvalue weighted by Crippen LogP contribution is -2.36. The van der Waals surface area contributed by atoms with Gasteiger partial charge in [-0.3, -0.25) is 0 Å². The van der Waals surface area contributed by atoms with Gasteiger partial charge in [0.25, 0.3) is 0 Å². The number of nitrogens with one attached hydrogen (secondary N) is 1. The van der Waals surface area contributed by atoms with Crippen molar-refractivity contribution in [2.75, 3.05) is 0 Å². The fraction of sp³-hybridized carbons (Fsp3) is 0.750. The molecule has 1 amide bonds. The van der Waals surface area contributed by atoms with Crippen LogP contribution in [0.4, 0.5) is 4.79 Å². The van der Waals surface area contributed by atoms with E-state index in [4.69, 9.17) is 4.74 Å². The van der Waals surface area contributed by atoms with E-state index in [1.807, 2.05) is 33.8 Å². The van der Waals surface area contributed by atoms with Crippen LogP contribution in [0.1, 0.15) is 41.5 Å². The summed E-state index contributed by atoms with van der Waals surface area (Å²) in [6.45, 7) is 11.7. The summed E-state index contributed by atoms with van der Waals surface area (Å²) in [7, 11) is 0. The van der Waals surface area contributed by atoms with Gasteiger partial charge in [0.15, 0.2) is 0 Å². The molecule has 0 rings (SSSR count). The quantitative estimate of drug-likeness (QED) is 0.731. The van der Waals surface area contributed by atoms with Gasteiger partial charge in [-0.1, -0.05) is 26.0 Å². The third-order valence-corrected chi connectivity index (χ3v) is 1.53. The van der Waals surface area contributed by atoms with E-state index < -0.39 is 5.60 Å². The highest BCUT2D eigenvalue weighted by molar-refractivity contribution is 5.68. The van der Waals surface area contributed by atoms with Crippen LogP contribution in [-0.2, 0) is 4.74 Å². The molecular formula is C12H23NO2. The van der Waals surface area contributed by atoms with Crippen molar-refractivity contribution in [1.82, 2.24) is 5.32 Å². The minimum atomic E-state index is -0.439. The van der Waals surface area contributed by atoms with Gasteiger partial charge in [0.1, 0.15) is 5.60 Å². The highest BCUT2D eigenvalue weighted by Gasteiger charge is 2.16. The highest BCUT2D eigenvalue weighted by Crippen LogP contribution is 2.06. The van der Waals surface area contributed by atoms with Crippen LogP contribution < -0.4 is 5.32 Å². The molecule has 0 heterocycles. The Kier molecular flexibility index (Phi) is 5.40. The van der Waals surface area contributed by atoms with Crippen molar-refractivity contribution in [2.45, 2.75) is 53.2 Å². The predicted octanol–water partition coefficient (Wildman–Crippen LogP) is 3.11. The molecule has 1 N–H and O–H groups in total. The lowest BCUT2D eigenvalue weighted by atomic mass is 10.2. The standard InChI is InChI=1S/C12H23NO2/c1-9(2)7-8-10(3)13-11(14)15-12(4,5)6/h7-10H,1-6H3,(H,13,14)/b8-7+. The second-order valence-electron chi connectivity index (χ2n) is 5.06. The topological polar surface area (TPSA) is 38.3 Å². The molecular weight excluding hydrogens is 190 g/mol. The molecule has 88 valence electrons. The number of rotatable bonds is 3. The van der Waals surface area contributed by atoms with E-state index in [0.717, 1.165) is 0 Å². The number of carbonyl (C=O) groups is 1. The van der Waals surface area contributed by atoms with Gasteiger partial charge in [0.2, 0.25) is 0 Å². The van der Waals surface area contributed by atoms with E-state index >= 15 is 0 Å². The minimum Gasteiger partial charge on any atom is -0.444 e. The van der Waals surface area contributed by atoms with E-state index in [2.05, 4.69) is 25.2 Å². The summed E-state index contributed by atoms with van der Waals surface area (Å²) in [6.07, 6.45) is 3.65. The largest absolute Gasteiger partial charge is 0.444 e. The van der Waals surface area contributed by atoms with E-state index in [0.29, 0.717) is 5.92 Å². The lowest BCUT2D eigenvalue weighted by molar-refractivity contribution is 0.0518. The zero-order valence-electron chi connectivity index (χ0n) is 10.6. The molecule has 0 spiro atoms. The first-order valence-electron chi connectivity index (χ1n) is 5.38. The van der Waals surface area contributed by atoms with Crippen LogP contribution in [0.25, 0.3) is 0 Å². The van der Waals surface area contributed by atoms with Crippen LogP contribution in [0.2, 0.25) is 0 Å². The van der Waals surface area contributed by atoms with E-state index in [1.165, 1.54) is 0 Å². The molecule has 0 saturated heterocycles. The summed E-state index contributed by atoms with van der Waals surface area (Å²) in [6, 6.07) is 0.00208. The van der Waals surface area contributed by atoms with Gasteiger partial charge < -0.3 is 10.1 Å². The SMILES string of the molecule is CC(C)/C=C/C(C)NC(=O)OC(C)(C)C. The summed E-state index contributed by atoms with van der Waals surface area (Å²) in [4.78, 5) is 11.3. The minimum absolute atomic E-state index is 0.00208. The van der Waals surface area contributed by atoms with Crippen molar-refractivity contribution in [3.05, 3.63) is 12.2 Å². The van der Waals surface area contributed by atoms with Crippen LogP contribution in [0.3, 0.4) is 0 Å². The normalized spacial score (nSPS) is 14.3. The summed E-state index contributed by atoms with van der Waals surface area (Å²) in [5.41, 5.74) is -0.439. The van der Waals surface area contributed by atoms with Crippen LogP contribution in [-0.4, -0.2) is 17.7 Å². The number of allylic oxidation sites excluding steroid dienone is 1. The first kappa shape index (κ1) is 14.0. The van der Waals surface area contributed by atoms with Crippen molar-refractivity contribution in [3.63, 3.8) is 0 Å². The molecule has 0 saturated carbocycles. The predicted molar refractivity (Wildman–Crippen MR) is 62.8 cm³/mol. The zero-order chi connectivity index (χ0) is 12.1. The summed E-state index contributed by atoms with van der Waals surface area (Å²) >= 11 is 0. The Morgan fingerprint density at radius 3 is 2.13 bits per heavy atom. The molecule has 0 radical (unpaired) electrons. The molecule has 3 heteroatoms. The van der Waals surface area contributed by atoms with Crippen LogP contribution in [0, 0.1) is 5.92 Å². The summed E-state index contributed by atoms with van der Waals surface area (Å²) < 4.78 is 5.13. The molecule has 3 nitrogen and oxygen atoms in total. The van der Waals surface area contributed by atoms with Crippen LogP contribution in [0.5, 0.6) is 0 Å². The molecule has 1 atom stereocenters. The van der Waals surface area contributed by atoms with Gasteiger partial charge in [-0.25, -0.2) is 4.79 Å².